The third-order valence-electron chi connectivity index (χ3n) is 3.08. The van der Waals surface area contributed by atoms with Crippen LogP contribution in [0.5, 0.6) is 0 Å². The van der Waals surface area contributed by atoms with Gasteiger partial charge < -0.3 is 4.98 Å². The second kappa shape index (κ2) is 6.50. The maximum Gasteiger partial charge on any atom is 0.266 e. The van der Waals surface area contributed by atoms with Crippen LogP contribution in [0.3, 0.4) is 0 Å². The minimum Gasteiger partial charge on any atom is -0.313 e. The summed E-state index contributed by atoms with van der Waals surface area (Å²) in [7, 11) is 0. The molecule has 0 atom stereocenters. The van der Waals surface area contributed by atoms with Crippen molar-refractivity contribution in [1.29, 1.82) is 0 Å². The third kappa shape index (κ3) is 3.67. The van der Waals surface area contributed by atoms with Crippen LogP contribution in [0.1, 0.15) is 15.9 Å². The number of carbonyl (C=O) groups excluding carboxylic acids is 1. The zero-order valence-electron chi connectivity index (χ0n) is 11.8. The number of pyridine rings is 1. The molecular formula is C17H11FN2O2S. The Bertz CT molecular complexity index is 1010. The van der Waals surface area contributed by atoms with Crippen molar-refractivity contribution in [2.75, 3.05) is 0 Å². The highest BCUT2D eigenvalue weighted by Gasteiger charge is 2.02. The number of hydrogen-bond donors (Lipinski definition) is 1. The Kier molecular flexibility index (Phi) is 4.25. The average molecular weight is 326 g/mol. The molecule has 1 N–H and O–H groups in total. The Morgan fingerprint density at radius 2 is 1.83 bits per heavy atom. The van der Waals surface area contributed by atoms with E-state index in [1.807, 2.05) is 0 Å². The van der Waals surface area contributed by atoms with Gasteiger partial charge in [0.2, 0.25) is 0 Å². The van der Waals surface area contributed by atoms with Crippen LogP contribution in [0.15, 0.2) is 53.6 Å². The SMILES string of the molecule is O=C(/C=c1/[nH]c(=O)/c(=C\c2ccc(F)cc2)s1)c1ccncc1. The highest BCUT2D eigenvalue weighted by molar-refractivity contribution is 7.07. The summed E-state index contributed by atoms with van der Waals surface area (Å²) in [5.74, 6) is -0.544. The number of nitrogens with zero attached hydrogens (tertiary/aromatic N) is 1. The highest BCUT2D eigenvalue weighted by atomic mass is 32.1. The van der Waals surface area contributed by atoms with E-state index in [4.69, 9.17) is 0 Å². The Balaban J connectivity index is 1.98. The maximum absolute atomic E-state index is 12.9. The normalized spacial score (nSPS) is 12.6. The molecule has 4 nitrogen and oxygen atoms in total. The predicted octanol–water partition coefficient (Wildman–Crippen LogP) is 1.46. The zero-order chi connectivity index (χ0) is 16.2. The molecule has 0 radical (unpaired) electrons. The maximum atomic E-state index is 12.9. The number of ketones is 1. The molecule has 114 valence electrons. The molecule has 3 aromatic rings. The van der Waals surface area contributed by atoms with Gasteiger partial charge in [-0.05, 0) is 35.9 Å². The summed E-state index contributed by atoms with van der Waals surface area (Å²) in [5, 5.41) is 0. The average Bonchev–Trinajstić information content (AvgIpc) is 2.90. The number of H-pyrrole nitrogens is 1. The van der Waals surface area contributed by atoms with Crippen molar-refractivity contribution in [3.8, 4) is 0 Å². The fourth-order valence-electron chi connectivity index (χ4n) is 1.95. The van der Waals surface area contributed by atoms with E-state index in [9.17, 15) is 14.0 Å². The van der Waals surface area contributed by atoms with Gasteiger partial charge in [-0.1, -0.05) is 12.1 Å². The van der Waals surface area contributed by atoms with E-state index in [1.54, 1.807) is 30.3 Å². The number of aromatic nitrogens is 2. The van der Waals surface area contributed by atoms with Gasteiger partial charge in [0.25, 0.3) is 5.56 Å². The molecule has 0 aliphatic heterocycles. The van der Waals surface area contributed by atoms with Gasteiger partial charge in [-0.2, -0.15) is 0 Å². The molecule has 3 rings (SSSR count). The molecule has 0 amide bonds. The first kappa shape index (κ1) is 15.1. The first-order valence-corrected chi connectivity index (χ1v) is 7.56. The lowest BCUT2D eigenvalue weighted by Crippen LogP contribution is -2.20. The number of thiazole rings is 1. The van der Waals surface area contributed by atoms with Crippen LogP contribution in [-0.4, -0.2) is 15.8 Å². The molecule has 0 aliphatic rings. The number of benzene rings is 1. The van der Waals surface area contributed by atoms with Crippen molar-refractivity contribution >= 4 is 29.3 Å². The van der Waals surface area contributed by atoms with E-state index in [2.05, 4.69) is 9.97 Å². The molecule has 0 aliphatic carbocycles. The summed E-state index contributed by atoms with van der Waals surface area (Å²) in [6.45, 7) is 0. The zero-order valence-corrected chi connectivity index (χ0v) is 12.6. The number of Topliss-reactive ketones (excluding diaryl/α,β-unsaturated/α-hetero) is 1. The van der Waals surface area contributed by atoms with Crippen molar-refractivity contribution in [3.05, 3.63) is 85.3 Å². The lowest BCUT2D eigenvalue weighted by Gasteiger charge is -1.91. The lowest BCUT2D eigenvalue weighted by molar-refractivity contribution is 0.106. The minimum absolute atomic E-state index is 0.210. The Labute approximate surface area is 134 Å². The van der Waals surface area contributed by atoms with E-state index in [-0.39, 0.29) is 17.2 Å². The van der Waals surface area contributed by atoms with Gasteiger partial charge in [0.15, 0.2) is 5.78 Å². The van der Waals surface area contributed by atoms with Gasteiger partial charge in [-0.15, -0.1) is 11.3 Å². The van der Waals surface area contributed by atoms with E-state index in [0.29, 0.717) is 20.3 Å². The molecule has 2 heterocycles. The molecule has 0 unspecified atom stereocenters. The van der Waals surface area contributed by atoms with Crippen LogP contribution < -0.4 is 14.8 Å². The second-order valence-electron chi connectivity index (χ2n) is 4.73. The number of hydrogen-bond acceptors (Lipinski definition) is 4. The lowest BCUT2D eigenvalue weighted by atomic mass is 10.2. The first-order chi connectivity index (χ1) is 11.1. The van der Waals surface area contributed by atoms with Gasteiger partial charge in [0, 0.05) is 24.0 Å². The largest absolute Gasteiger partial charge is 0.313 e. The van der Waals surface area contributed by atoms with Crippen LogP contribution in [-0.2, 0) is 0 Å². The molecule has 1 aromatic carbocycles. The Morgan fingerprint density at radius 1 is 1.13 bits per heavy atom. The Morgan fingerprint density at radius 3 is 2.52 bits per heavy atom. The first-order valence-electron chi connectivity index (χ1n) is 6.74. The fraction of sp³-hybridized carbons (Fsp3) is 0. The molecule has 0 saturated carbocycles. The number of rotatable bonds is 3. The molecule has 2 aromatic heterocycles. The van der Waals surface area contributed by atoms with Crippen LogP contribution in [0.4, 0.5) is 4.39 Å². The van der Waals surface area contributed by atoms with Crippen molar-refractivity contribution in [1.82, 2.24) is 9.97 Å². The topological polar surface area (TPSA) is 62.8 Å². The van der Waals surface area contributed by atoms with Crippen molar-refractivity contribution in [2.45, 2.75) is 0 Å². The van der Waals surface area contributed by atoms with Gasteiger partial charge >= 0.3 is 0 Å². The summed E-state index contributed by atoms with van der Waals surface area (Å²) in [6.07, 6.45) is 6.10. The standard InChI is InChI=1S/C17H11FN2O2S/c18-13-3-1-11(2-4-13)9-15-17(22)20-16(23-15)10-14(21)12-5-7-19-8-6-12/h1-10H,(H,20,22)/b15-9+,16-10-. The minimum atomic E-state index is -0.334. The van der Waals surface area contributed by atoms with Crippen molar-refractivity contribution < 1.29 is 9.18 Å². The summed E-state index contributed by atoms with van der Waals surface area (Å²) in [4.78, 5) is 30.5. The molecule has 6 heteroatoms. The molecule has 0 spiro atoms. The molecule has 0 fully saturated rings. The molecule has 0 saturated heterocycles. The van der Waals surface area contributed by atoms with Crippen LogP contribution in [0, 0.1) is 5.82 Å². The van der Waals surface area contributed by atoms with Gasteiger partial charge in [0.1, 0.15) is 5.82 Å². The number of halogens is 1. The number of carbonyl (C=O) groups is 1. The number of aromatic amines is 1. The fourth-order valence-corrected chi connectivity index (χ4v) is 2.84. The van der Waals surface area contributed by atoms with Gasteiger partial charge in [-0.25, -0.2) is 4.39 Å². The molecular weight excluding hydrogens is 315 g/mol. The van der Waals surface area contributed by atoms with Crippen molar-refractivity contribution in [2.24, 2.45) is 0 Å². The summed E-state index contributed by atoms with van der Waals surface area (Å²) < 4.78 is 13.8. The monoisotopic (exact) mass is 326 g/mol. The third-order valence-corrected chi connectivity index (χ3v) is 4.04. The molecule has 23 heavy (non-hydrogen) atoms. The Hall–Kier alpha value is -2.86. The van der Waals surface area contributed by atoms with Crippen LogP contribution in [0.25, 0.3) is 12.2 Å². The summed E-state index contributed by atoms with van der Waals surface area (Å²) in [5.41, 5.74) is 0.928. The van der Waals surface area contributed by atoms with Crippen LogP contribution >= 0.6 is 11.3 Å². The summed E-state index contributed by atoms with van der Waals surface area (Å²) in [6, 6.07) is 9.04. The van der Waals surface area contributed by atoms with Gasteiger partial charge in [0.05, 0.1) is 9.20 Å². The molecule has 0 bridgehead atoms. The van der Waals surface area contributed by atoms with Crippen LogP contribution in [0.2, 0.25) is 0 Å². The smallest absolute Gasteiger partial charge is 0.266 e. The number of nitrogens with one attached hydrogen (secondary N) is 1. The van der Waals surface area contributed by atoms with E-state index < -0.39 is 0 Å². The second-order valence-corrected chi connectivity index (χ2v) is 5.81. The summed E-state index contributed by atoms with van der Waals surface area (Å²) >= 11 is 1.17. The van der Waals surface area contributed by atoms with Gasteiger partial charge in [-0.3, -0.25) is 14.6 Å². The predicted molar refractivity (Wildman–Crippen MR) is 87.2 cm³/mol. The van der Waals surface area contributed by atoms with Crippen molar-refractivity contribution in [3.63, 3.8) is 0 Å². The van der Waals surface area contributed by atoms with E-state index in [1.165, 1.54) is 41.9 Å². The highest BCUT2D eigenvalue weighted by Crippen LogP contribution is 2.03. The van der Waals surface area contributed by atoms with E-state index in [0.717, 1.165) is 0 Å². The van der Waals surface area contributed by atoms with E-state index >= 15 is 0 Å². The quantitative estimate of drug-likeness (QED) is 0.741.